The first-order valence-electron chi connectivity index (χ1n) is 8.18. The van der Waals surface area contributed by atoms with Crippen LogP contribution in [0.1, 0.15) is 5.56 Å². The summed E-state index contributed by atoms with van der Waals surface area (Å²) in [6.07, 6.45) is 3.19. The maximum Gasteiger partial charge on any atom is 0.126 e. The van der Waals surface area contributed by atoms with Crippen molar-refractivity contribution >= 4 is 17.2 Å². The molecule has 0 fully saturated rings. The molecule has 0 aliphatic rings. The van der Waals surface area contributed by atoms with Gasteiger partial charge in [-0.15, -0.1) is 0 Å². The molecule has 0 spiro atoms. The minimum Gasteiger partial charge on any atom is -0.496 e. The van der Waals surface area contributed by atoms with E-state index in [2.05, 4.69) is 22.3 Å². The first-order valence-corrected chi connectivity index (χ1v) is 8.18. The Bertz CT molecular complexity index is 1100. The third-order valence-electron chi connectivity index (χ3n) is 4.32. The zero-order valence-corrected chi connectivity index (χ0v) is 14.2. The van der Waals surface area contributed by atoms with Gasteiger partial charge in [-0.1, -0.05) is 41.6 Å². The predicted molar refractivity (Wildman–Crippen MR) is 102 cm³/mol. The Labute approximate surface area is 150 Å². The SMILES string of the molecule is COc1ccccc1-c1cccc(-n2cnc3cc(C=NO)ccc32)c1. The Balaban J connectivity index is 1.81. The van der Waals surface area contributed by atoms with Crippen LogP contribution in [0.4, 0.5) is 0 Å². The Hall–Kier alpha value is -3.60. The van der Waals surface area contributed by atoms with E-state index in [1.807, 2.05) is 59.2 Å². The number of ether oxygens (including phenoxy) is 1. The maximum atomic E-state index is 8.69. The van der Waals surface area contributed by atoms with E-state index in [9.17, 15) is 0 Å². The standard InChI is InChI=1S/C21H17N3O2/c1-26-21-8-3-2-7-18(21)16-5-4-6-17(12-16)24-14-22-19-11-15(13-23-25)9-10-20(19)24/h2-14,25H,1H3. The lowest BCUT2D eigenvalue weighted by Crippen LogP contribution is -1.93. The fourth-order valence-corrected chi connectivity index (χ4v) is 3.09. The second kappa shape index (κ2) is 6.72. The molecule has 5 nitrogen and oxygen atoms in total. The highest BCUT2D eigenvalue weighted by Crippen LogP contribution is 2.31. The zero-order valence-electron chi connectivity index (χ0n) is 14.2. The first-order chi connectivity index (χ1) is 12.8. The van der Waals surface area contributed by atoms with Crippen molar-refractivity contribution < 1.29 is 9.94 Å². The molecule has 0 unspecified atom stereocenters. The van der Waals surface area contributed by atoms with E-state index in [0.717, 1.165) is 39.2 Å². The molecule has 0 aliphatic carbocycles. The average molecular weight is 343 g/mol. The summed E-state index contributed by atoms with van der Waals surface area (Å²) in [5.41, 5.74) is 5.75. The molecular formula is C21H17N3O2. The third-order valence-corrected chi connectivity index (χ3v) is 4.32. The van der Waals surface area contributed by atoms with Gasteiger partial charge < -0.3 is 9.94 Å². The van der Waals surface area contributed by atoms with Gasteiger partial charge in [-0.3, -0.25) is 4.57 Å². The van der Waals surface area contributed by atoms with Crippen LogP contribution in [0, 0.1) is 0 Å². The molecule has 128 valence electrons. The van der Waals surface area contributed by atoms with E-state index in [4.69, 9.17) is 9.94 Å². The molecular weight excluding hydrogens is 326 g/mol. The number of oxime groups is 1. The smallest absolute Gasteiger partial charge is 0.126 e. The second-order valence-electron chi connectivity index (χ2n) is 5.86. The summed E-state index contributed by atoms with van der Waals surface area (Å²) in [5.74, 6) is 0.841. The number of rotatable bonds is 4. The molecule has 1 heterocycles. The van der Waals surface area contributed by atoms with Gasteiger partial charge in [0.15, 0.2) is 0 Å². The molecule has 0 bridgehead atoms. The van der Waals surface area contributed by atoms with E-state index in [1.165, 1.54) is 6.21 Å². The predicted octanol–water partition coefficient (Wildman–Crippen LogP) is 4.51. The van der Waals surface area contributed by atoms with Gasteiger partial charge in [-0.25, -0.2) is 4.98 Å². The first kappa shape index (κ1) is 15.9. The molecule has 5 heteroatoms. The van der Waals surface area contributed by atoms with E-state index >= 15 is 0 Å². The molecule has 0 atom stereocenters. The molecule has 0 saturated carbocycles. The van der Waals surface area contributed by atoms with Crippen LogP contribution in [0.5, 0.6) is 5.75 Å². The highest BCUT2D eigenvalue weighted by Gasteiger charge is 2.09. The third kappa shape index (κ3) is 2.80. The highest BCUT2D eigenvalue weighted by atomic mass is 16.5. The van der Waals surface area contributed by atoms with Crippen LogP contribution >= 0.6 is 0 Å². The van der Waals surface area contributed by atoms with Gasteiger partial charge in [0.05, 0.1) is 24.4 Å². The van der Waals surface area contributed by atoms with Crippen molar-refractivity contribution in [3.63, 3.8) is 0 Å². The average Bonchev–Trinajstić information content (AvgIpc) is 3.11. The summed E-state index contributed by atoms with van der Waals surface area (Å²) >= 11 is 0. The summed E-state index contributed by atoms with van der Waals surface area (Å²) < 4.78 is 7.52. The number of methoxy groups -OCH3 is 1. The topological polar surface area (TPSA) is 59.6 Å². The fourth-order valence-electron chi connectivity index (χ4n) is 3.09. The number of fused-ring (bicyclic) bond motifs is 1. The maximum absolute atomic E-state index is 8.69. The largest absolute Gasteiger partial charge is 0.496 e. The minimum absolute atomic E-state index is 0.799. The number of benzene rings is 3. The second-order valence-corrected chi connectivity index (χ2v) is 5.86. The van der Waals surface area contributed by atoms with Crippen molar-refractivity contribution in [1.82, 2.24) is 9.55 Å². The zero-order chi connectivity index (χ0) is 17.9. The number of imidazole rings is 1. The highest BCUT2D eigenvalue weighted by molar-refractivity contribution is 5.87. The molecule has 4 aromatic rings. The molecule has 3 aromatic carbocycles. The van der Waals surface area contributed by atoms with Crippen molar-refractivity contribution in [2.45, 2.75) is 0 Å². The number of nitrogens with zero attached hydrogens (tertiary/aromatic N) is 3. The van der Waals surface area contributed by atoms with Gasteiger partial charge >= 0.3 is 0 Å². The molecule has 1 N–H and O–H groups in total. The minimum atomic E-state index is 0.799. The van der Waals surface area contributed by atoms with Crippen LogP contribution in [0.2, 0.25) is 0 Å². The Morgan fingerprint density at radius 2 is 1.92 bits per heavy atom. The van der Waals surface area contributed by atoms with Gasteiger partial charge in [0, 0.05) is 11.3 Å². The molecule has 0 radical (unpaired) electrons. The van der Waals surface area contributed by atoms with Crippen LogP contribution in [0.3, 0.4) is 0 Å². The van der Waals surface area contributed by atoms with Crippen LogP contribution in [0.15, 0.2) is 78.2 Å². The van der Waals surface area contributed by atoms with E-state index in [-0.39, 0.29) is 0 Å². The van der Waals surface area contributed by atoms with Crippen molar-refractivity contribution in [2.24, 2.45) is 5.16 Å². The van der Waals surface area contributed by atoms with Crippen molar-refractivity contribution in [1.29, 1.82) is 0 Å². The monoisotopic (exact) mass is 343 g/mol. The summed E-state index contributed by atoms with van der Waals surface area (Å²) in [6, 6.07) is 22.0. The molecule has 1 aromatic heterocycles. The lowest BCUT2D eigenvalue weighted by atomic mass is 10.0. The Kier molecular flexibility index (Phi) is 4.11. The van der Waals surface area contributed by atoms with Crippen LogP contribution in [-0.2, 0) is 0 Å². The molecule has 0 amide bonds. The Morgan fingerprint density at radius 1 is 1.04 bits per heavy atom. The van der Waals surface area contributed by atoms with Gasteiger partial charge in [-0.05, 0) is 41.5 Å². The summed E-state index contributed by atoms with van der Waals surface area (Å²) in [4.78, 5) is 4.47. The number of para-hydroxylation sites is 1. The van der Waals surface area contributed by atoms with Crippen LogP contribution in [0.25, 0.3) is 27.8 Å². The van der Waals surface area contributed by atoms with Crippen molar-refractivity contribution in [3.05, 3.63) is 78.6 Å². The van der Waals surface area contributed by atoms with Gasteiger partial charge in [0.2, 0.25) is 0 Å². The summed E-state index contributed by atoms with van der Waals surface area (Å²) in [7, 11) is 1.68. The lowest BCUT2D eigenvalue weighted by Gasteiger charge is -2.11. The number of aromatic nitrogens is 2. The summed E-state index contributed by atoms with van der Waals surface area (Å²) in [5, 5.41) is 11.8. The van der Waals surface area contributed by atoms with Gasteiger partial charge in [-0.2, -0.15) is 0 Å². The van der Waals surface area contributed by atoms with E-state index < -0.39 is 0 Å². The van der Waals surface area contributed by atoms with E-state index in [1.54, 1.807) is 13.4 Å². The van der Waals surface area contributed by atoms with Crippen LogP contribution in [-0.4, -0.2) is 28.1 Å². The molecule has 4 rings (SSSR count). The normalized spacial score (nSPS) is 11.3. The van der Waals surface area contributed by atoms with Gasteiger partial charge in [0.1, 0.15) is 12.1 Å². The summed E-state index contributed by atoms with van der Waals surface area (Å²) in [6.45, 7) is 0. The Morgan fingerprint density at radius 3 is 2.77 bits per heavy atom. The van der Waals surface area contributed by atoms with Gasteiger partial charge in [0.25, 0.3) is 0 Å². The molecule has 0 saturated heterocycles. The number of hydrogen-bond acceptors (Lipinski definition) is 4. The quantitative estimate of drug-likeness (QED) is 0.337. The van der Waals surface area contributed by atoms with Crippen molar-refractivity contribution in [3.8, 4) is 22.6 Å². The van der Waals surface area contributed by atoms with Crippen LogP contribution < -0.4 is 4.74 Å². The lowest BCUT2D eigenvalue weighted by molar-refractivity contribution is 0.322. The number of hydrogen-bond donors (Lipinski definition) is 1. The fraction of sp³-hybridized carbons (Fsp3) is 0.0476. The van der Waals surface area contributed by atoms with Crippen molar-refractivity contribution in [2.75, 3.05) is 7.11 Å². The molecule has 26 heavy (non-hydrogen) atoms. The molecule has 0 aliphatic heterocycles. The van der Waals surface area contributed by atoms with E-state index in [0.29, 0.717) is 0 Å².